The molecule has 3 N–H and O–H groups in total. The quantitative estimate of drug-likeness (QED) is 0.246. The third-order valence-corrected chi connectivity index (χ3v) is 6.81. The first-order valence-corrected chi connectivity index (χ1v) is 11.1. The summed E-state index contributed by atoms with van der Waals surface area (Å²) in [5.41, 5.74) is 7.25. The Labute approximate surface area is 185 Å². The third-order valence-electron chi connectivity index (χ3n) is 4.97. The number of methoxy groups -OCH3 is 2. The topological polar surface area (TPSA) is 139 Å². The fraction of sp³-hybridized carbons (Fsp3) is 0.286. The number of amides is 1. The molecule has 0 radical (unpaired) electrons. The van der Waals surface area contributed by atoms with Gasteiger partial charge in [-0.05, 0) is 43.7 Å². The number of carbonyl (C=O) groups is 2. The lowest BCUT2D eigenvalue weighted by Gasteiger charge is -2.21. The van der Waals surface area contributed by atoms with Crippen LogP contribution in [0.4, 0.5) is 0 Å². The molecule has 1 aliphatic rings. The Hall–Kier alpha value is -3.60. The molecule has 0 saturated carbocycles. The molecule has 2 aromatic rings. The summed E-state index contributed by atoms with van der Waals surface area (Å²) in [6.07, 6.45) is -0.0968. The Balaban J connectivity index is 1.80. The molecule has 32 heavy (non-hydrogen) atoms. The number of hydrogen-bond donors (Lipinski definition) is 2. The first-order chi connectivity index (χ1) is 15.2. The van der Waals surface area contributed by atoms with E-state index in [1.807, 2.05) is 6.92 Å². The summed E-state index contributed by atoms with van der Waals surface area (Å²) in [7, 11) is -1.27. The molecular weight excluding hydrogens is 438 g/mol. The van der Waals surface area contributed by atoms with Gasteiger partial charge in [-0.1, -0.05) is 22.9 Å². The molecule has 0 aromatic heterocycles. The second-order valence-corrected chi connectivity index (χ2v) is 8.88. The van der Waals surface area contributed by atoms with E-state index < -0.39 is 27.9 Å². The minimum atomic E-state index is -4.22. The highest BCUT2D eigenvalue weighted by Crippen LogP contribution is 2.28. The Morgan fingerprint density at radius 3 is 2.38 bits per heavy atom. The van der Waals surface area contributed by atoms with Crippen LogP contribution in [-0.2, 0) is 24.4 Å². The summed E-state index contributed by atoms with van der Waals surface area (Å²) in [4.78, 5) is 29.9. The van der Waals surface area contributed by atoms with Gasteiger partial charge in [-0.3, -0.25) is 15.4 Å². The maximum atomic E-state index is 13.0. The minimum Gasteiger partial charge on any atom is -0.493 e. The maximum absolute atomic E-state index is 13.0. The lowest BCUT2D eigenvalue weighted by molar-refractivity contribution is -0.724. The highest BCUT2D eigenvalue weighted by Gasteiger charge is 2.45. The number of nitrogens with two attached hydrogens (primary N) is 1. The molecule has 0 unspecified atom stereocenters. The zero-order valence-corrected chi connectivity index (χ0v) is 18.6. The van der Waals surface area contributed by atoms with Crippen LogP contribution in [0, 0.1) is 6.92 Å². The molecule has 170 valence electrons. The molecule has 1 aliphatic heterocycles. The fourth-order valence-electron chi connectivity index (χ4n) is 3.24. The van der Waals surface area contributed by atoms with E-state index in [1.54, 1.807) is 30.3 Å². The molecule has 1 fully saturated rings. The zero-order valence-electron chi connectivity index (χ0n) is 17.8. The summed E-state index contributed by atoms with van der Waals surface area (Å²) in [5.74, 6) is -0.740. The fourth-order valence-corrected chi connectivity index (χ4v) is 4.83. The Kier molecular flexibility index (Phi) is 6.68. The largest absolute Gasteiger partial charge is 0.493 e. The van der Waals surface area contributed by atoms with Crippen LogP contribution in [0.2, 0.25) is 0 Å². The zero-order chi connectivity index (χ0) is 23.5. The van der Waals surface area contributed by atoms with Crippen molar-refractivity contribution in [2.24, 2.45) is 5.73 Å². The third kappa shape index (κ3) is 4.52. The van der Waals surface area contributed by atoms with Crippen molar-refractivity contribution in [2.75, 3.05) is 14.2 Å². The van der Waals surface area contributed by atoms with Crippen molar-refractivity contribution in [3.05, 3.63) is 53.6 Å². The van der Waals surface area contributed by atoms with E-state index in [1.165, 1.54) is 26.4 Å². The molecule has 1 atom stereocenters. The number of rotatable bonds is 7. The molecule has 1 saturated heterocycles. The second-order valence-electron chi connectivity index (χ2n) is 7.07. The van der Waals surface area contributed by atoms with E-state index >= 15 is 0 Å². The number of amidine groups is 1. The van der Waals surface area contributed by atoms with Gasteiger partial charge in [0, 0.05) is 6.42 Å². The molecule has 1 amide bonds. The number of carbonyl (C=O) groups excluding carboxylic acids is 2. The van der Waals surface area contributed by atoms with Crippen LogP contribution in [0.25, 0.3) is 0 Å². The molecule has 2 aromatic carbocycles. The predicted octanol–water partition coefficient (Wildman–Crippen LogP) is -0.364. The van der Waals surface area contributed by atoms with Crippen molar-refractivity contribution in [1.82, 2.24) is 4.31 Å². The van der Waals surface area contributed by atoms with Crippen LogP contribution in [-0.4, -0.2) is 50.7 Å². The van der Waals surface area contributed by atoms with Crippen LogP contribution in [0.3, 0.4) is 0 Å². The molecule has 0 bridgehead atoms. The van der Waals surface area contributed by atoms with Crippen LogP contribution in [0.5, 0.6) is 11.5 Å². The van der Waals surface area contributed by atoms with E-state index in [0.717, 1.165) is 5.56 Å². The van der Waals surface area contributed by atoms with Gasteiger partial charge in [0.15, 0.2) is 17.5 Å². The van der Waals surface area contributed by atoms with Gasteiger partial charge in [-0.2, -0.15) is 0 Å². The number of nitrogen functional groups attached to an aromatic ring is 1. The van der Waals surface area contributed by atoms with Crippen molar-refractivity contribution >= 4 is 27.7 Å². The van der Waals surface area contributed by atoms with Crippen LogP contribution in [0.15, 0.2) is 47.4 Å². The van der Waals surface area contributed by atoms with Crippen LogP contribution in [0.1, 0.15) is 24.0 Å². The first-order valence-electron chi connectivity index (χ1n) is 9.64. The van der Waals surface area contributed by atoms with Crippen molar-refractivity contribution in [3.63, 3.8) is 0 Å². The molecule has 3 rings (SSSR count). The average molecular weight is 463 g/mol. The van der Waals surface area contributed by atoms with Crippen molar-refractivity contribution < 1.29 is 37.5 Å². The maximum Gasteiger partial charge on any atom is 0.380 e. The molecular formula is C21H24N3O7S+. The van der Waals surface area contributed by atoms with Gasteiger partial charge < -0.3 is 9.47 Å². The van der Waals surface area contributed by atoms with Gasteiger partial charge in [0.1, 0.15) is 0 Å². The van der Waals surface area contributed by atoms with E-state index in [0.29, 0.717) is 21.4 Å². The Bertz CT molecular complexity index is 1160. The van der Waals surface area contributed by atoms with Crippen molar-refractivity contribution in [2.45, 2.75) is 30.7 Å². The normalized spacial score (nSPS) is 16.7. The highest BCUT2D eigenvalue weighted by atomic mass is 32.2. The first kappa shape index (κ1) is 23.1. The summed E-state index contributed by atoms with van der Waals surface area (Å²) in [6, 6.07) is 9.50. The Morgan fingerprint density at radius 2 is 1.75 bits per heavy atom. The van der Waals surface area contributed by atoms with E-state index in [2.05, 4.69) is 5.16 Å². The predicted molar refractivity (Wildman–Crippen MR) is 113 cm³/mol. The molecule has 0 aliphatic carbocycles. The van der Waals surface area contributed by atoms with Gasteiger partial charge in [0.25, 0.3) is 10.0 Å². The van der Waals surface area contributed by atoms with Crippen LogP contribution >= 0.6 is 0 Å². The monoisotopic (exact) mass is 462 g/mol. The van der Waals surface area contributed by atoms with Gasteiger partial charge in [0.05, 0.1) is 24.7 Å². The van der Waals surface area contributed by atoms with E-state index in [4.69, 9.17) is 20.0 Å². The number of sulfonamides is 1. The number of nitrogens with zero attached hydrogens (tertiary/aromatic N) is 1. The summed E-state index contributed by atoms with van der Waals surface area (Å²) < 4.78 is 36.9. The molecule has 0 spiro atoms. The standard InChI is InChI=1S/C21H23N3O7S/c1-13-4-7-15(8-5-13)32(27,28)24-16(9-11-19(24)25)21(26)31-23-20(22)14-6-10-17(29-2)18(12-14)30-3/h4-8,10,12,16H,9,11H2,1-3H3,(H2,22,23)/p+1/t16-/m1/s1. The lowest BCUT2D eigenvalue weighted by Crippen LogP contribution is -2.76. The summed E-state index contributed by atoms with van der Waals surface area (Å²) in [6.45, 7) is 1.81. The summed E-state index contributed by atoms with van der Waals surface area (Å²) in [5, 5.41) is 2.31. The number of hydrogen-bond acceptors (Lipinski definition) is 7. The minimum absolute atomic E-state index is 0.000696. The van der Waals surface area contributed by atoms with E-state index in [9.17, 15) is 18.0 Å². The summed E-state index contributed by atoms with van der Waals surface area (Å²) >= 11 is 0. The highest BCUT2D eigenvalue weighted by molar-refractivity contribution is 7.89. The smallest absolute Gasteiger partial charge is 0.380 e. The van der Waals surface area contributed by atoms with Gasteiger partial charge in [-0.25, -0.2) is 17.5 Å². The Morgan fingerprint density at radius 1 is 1.09 bits per heavy atom. The number of nitrogens with one attached hydrogen (secondary N) is 1. The molecule has 11 heteroatoms. The van der Waals surface area contributed by atoms with E-state index in [-0.39, 0.29) is 23.6 Å². The second kappa shape index (κ2) is 9.27. The van der Waals surface area contributed by atoms with Crippen LogP contribution < -0.4 is 20.4 Å². The average Bonchev–Trinajstić information content (AvgIpc) is 3.19. The van der Waals surface area contributed by atoms with Crippen molar-refractivity contribution in [1.29, 1.82) is 0 Å². The lowest BCUT2D eigenvalue weighted by atomic mass is 10.2. The van der Waals surface area contributed by atoms with Gasteiger partial charge in [0.2, 0.25) is 5.91 Å². The van der Waals surface area contributed by atoms with Crippen molar-refractivity contribution in [3.8, 4) is 11.5 Å². The van der Waals surface area contributed by atoms with Gasteiger partial charge >= 0.3 is 11.8 Å². The molecule has 1 heterocycles. The van der Waals surface area contributed by atoms with Gasteiger partial charge in [-0.15, -0.1) is 0 Å². The SMILES string of the molecule is COc1ccc(C(N)=[NH+]OC(=O)[C@H]2CCC(=O)N2S(=O)(=O)c2ccc(C)cc2)cc1OC. The number of aryl methyl sites for hydroxylation is 1. The molecule has 10 nitrogen and oxygen atoms in total. The number of benzene rings is 2. The number of ether oxygens (including phenoxy) is 2.